The highest BCUT2D eigenvalue weighted by Gasteiger charge is 2.14. The van der Waals surface area contributed by atoms with Gasteiger partial charge in [0.1, 0.15) is 0 Å². The number of hydrogen-bond acceptors (Lipinski definition) is 3. The highest BCUT2D eigenvalue weighted by atomic mass is 16.3. The van der Waals surface area contributed by atoms with Crippen LogP contribution in [0.2, 0.25) is 0 Å². The van der Waals surface area contributed by atoms with Crippen LogP contribution in [0, 0.1) is 16.7 Å². The number of hydrogen-bond donors (Lipinski definition) is 2. The van der Waals surface area contributed by atoms with E-state index in [1.165, 1.54) is 0 Å². The van der Waals surface area contributed by atoms with Crippen LogP contribution in [0.15, 0.2) is 0 Å². The minimum atomic E-state index is -0.193. The topological polar surface area (TPSA) is 56.0 Å². The van der Waals surface area contributed by atoms with Gasteiger partial charge in [0.2, 0.25) is 0 Å². The SMILES string of the molecule is CC(O)CCCNCCCC(C)(C)C#N. The molecule has 0 rings (SSSR count). The highest BCUT2D eigenvalue weighted by molar-refractivity contribution is 4.91. The second kappa shape index (κ2) is 7.67. The van der Waals surface area contributed by atoms with Gasteiger partial charge in [-0.05, 0) is 59.5 Å². The number of rotatable bonds is 8. The highest BCUT2D eigenvalue weighted by Crippen LogP contribution is 2.19. The molecule has 1 unspecified atom stereocenters. The molecule has 0 aliphatic carbocycles. The molecule has 0 heterocycles. The Bertz CT molecular complexity index is 194. The first-order chi connectivity index (χ1) is 6.98. The lowest BCUT2D eigenvalue weighted by Crippen LogP contribution is -2.20. The molecule has 88 valence electrons. The van der Waals surface area contributed by atoms with Crippen molar-refractivity contribution in [2.45, 2.75) is 52.6 Å². The summed E-state index contributed by atoms with van der Waals surface area (Å²) in [5, 5.41) is 21.1. The second-order valence-electron chi connectivity index (χ2n) is 4.84. The molecule has 0 spiro atoms. The lowest BCUT2D eigenvalue weighted by Gasteiger charge is -2.14. The summed E-state index contributed by atoms with van der Waals surface area (Å²) in [6.07, 6.45) is 3.65. The van der Waals surface area contributed by atoms with E-state index in [2.05, 4.69) is 11.4 Å². The fraction of sp³-hybridized carbons (Fsp3) is 0.917. The van der Waals surface area contributed by atoms with E-state index in [4.69, 9.17) is 10.4 Å². The monoisotopic (exact) mass is 212 g/mol. The molecule has 15 heavy (non-hydrogen) atoms. The van der Waals surface area contributed by atoms with E-state index in [9.17, 15) is 0 Å². The number of nitrogens with zero attached hydrogens (tertiary/aromatic N) is 1. The fourth-order valence-corrected chi connectivity index (χ4v) is 1.36. The van der Waals surface area contributed by atoms with Gasteiger partial charge in [-0.15, -0.1) is 0 Å². The summed E-state index contributed by atoms with van der Waals surface area (Å²) in [7, 11) is 0. The van der Waals surface area contributed by atoms with E-state index in [-0.39, 0.29) is 11.5 Å². The first kappa shape index (κ1) is 14.4. The molecule has 0 fully saturated rings. The third-order valence-corrected chi connectivity index (χ3v) is 2.43. The summed E-state index contributed by atoms with van der Waals surface area (Å²) < 4.78 is 0. The normalized spacial score (nSPS) is 13.5. The fourth-order valence-electron chi connectivity index (χ4n) is 1.36. The van der Waals surface area contributed by atoms with Crippen LogP contribution in [0.5, 0.6) is 0 Å². The summed E-state index contributed by atoms with van der Waals surface area (Å²) in [6, 6.07) is 2.30. The van der Waals surface area contributed by atoms with Gasteiger partial charge in [0.05, 0.1) is 17.6 Å². The number of nitriles is 1. The molecule has 0 aromatic heterocycles. The molecule has 0 aromatic carbocycles. The third kappa shape index (κ3) is 9.71. The van der Waals surface area contributed by atoms with Crippen molar-refractivity contribution in [2.24, 2.45) is 5.41 Å². The summed E-state index contributed by atoms with van der Waals surface area (Å²) in [4.78, 5) is 0. The quantitative estimate of drug-likeness (QED) is 0.606. The molecule has 0 aliphatic rings. The van der Waals surface area contributed by atoms with Crippen LogP contribution in [-0.4, -0.2) is 24.3 Å². The van der Waals surface area contributed by atoms with Crippen LogP contribution < -0.4 is 5.32 Å². The standard InChI is InChI=1S/C12H24N2O/c1-11(15)6-4-8-14-9-5-7-12(2,3)10-13/h11,14-15H,4-9H2,1-3H3. The van der Waals surface area contributed by atoms with Crippen molar-refractivity contribution in [3.05, 3.63) is 0 Å². The third-order valence-electron chi connectivity index (χ3n) is 2.43. The lowest BCUT2D eigenvalue weighted by molar-refractivity contribution is 0.181. The first-order valence-corrected chi connectivity index (χ1v) is 5.78. The predicted molar refractivity (Wildman–Crippen MR) is 62.4 cm³/mol. The Morgan fingerprint density at radius 3 is 2.47 bits per heavy atom. The Balaban J connectivity index is 3.23. The van der Waals surface area contributed by atoms with Gasteiger partial charge in [-0.3, -0.25) is 0 Å². The smallest absolute Gasteiger partial charge is 0.0683 e. The Labute approximate surface area is 93.5 Å². The molecule has 0 saturated carbocycles. The van der Waals surface area contributed by atoms with E-state index >= 15 is 0 Å². The molecule has 0 bridgehead atoms. The Kier molecular flexibility index (Phi) is 7.37. The van der Waals surface area contributed by atoms with Gasteiger partial charge in [0, 0.05) is 0 Å². The lowest BCUT2D eigenvalue weighted by atomic mass is 9.90. The second-order valence-corrected chi connectivity index (χ2v) is 4.84. The number of aliphatic hydroxyl groups is 1. The summed E-state index contributed by atoms with van der Waals surface area (Å²) in [5.41, 5.74) is -0.193. The average molecular weight is 212 g/mol. The van der Waals surface area contributed by atoms with Crippen molar-refractivity contribution in [1.29, 1.82) is 5.26 Å². The van der Waals surface area contributed by atoms with E-state index < -0.39 is 0 Å². The van der Waals surface area contributed by atoms with Gasteiger partial charge in [0.25, 0.3) is 0 Å². The van der Waals surface area contributed by atoms with Crippen LogP contribution in [0.3, 0.4) is 0 Å². The molecule has 0 amide bonds. The molecule has 1 atom stereocenters. The van der Waals surface area contributed by atoms with E-state index in [1.807, 2.05) is 20.8 Å². The van der Waals surface area contributed by atoms with Crippen molar-refractivity contribution in [3.63, 3.8) is 0 Å². The zero-order valence-electron chi connectivity index (χ0n) is 10.2. The molecular weight excluding hydrogens is 188 g/mol. The largest absolute Gasteiger partial charge is 0.393 e. The van der Waals surface area contributed by atoms with E-state index in [1.54, 1.807) is 0 Å². The van der Waals surface area contributed by atoms with Gasteiger partial charge in [-0.1, -0.05) is 0 Å². The van der Waals surface area contributed by atoms with Gasteiger partial charge in [-0.2, -0.15) is 5.26 Å². The first-order valence-electron chi connectivity index (χ1n) is 5.78. The van der Waals surface area contributed by atoms with E-state index in [0.29, 0.717) is 0 Å². The van der Waals surface area contributed by atoms with Crippen molar-refractivity contribution >= 4 is 0 Å². The van der Waals surface area contributed by atoms with Crippen molar-refractivity contribution in [1.82, 2.24) is 5.32 Å². The van der Waals surface area contributed by atoms with Gasteiger partial charge in [-0.25, -0.2) is 0 Å². The molecule has 0 radical (unpaired) electrons. The minimum Gasteiger partial charge on any atom is -0.393 e. The van der Waals surface area contributed by atoms with E-state index in [0.717, 1.165) is 38.8 Å². The van der Waals surface area contributed by atoms with Crippen molar-refractivity contribution in [2.75, 3.05) is 13.1 Å². The Morgan fingerprint density at radius 2 is 1.93 bits per heavy atom. The van der Waals surface area contributed by atoms with Crippen LogP contribution in [0.4, 0.5) is 0 Å². The molecular formula is C12H24N2O. The van der Waals surface area contributed by atoms with Crippen molar-refractivity contribution in [3.8, 4) is 6.07 Å². The summed E-state index contributed by atoms with van der Waals surface area (Å²) >= 11 is 0. The van der Waals surface area contributed by atoms with Crippen LogP contribution >= 0.6 is 0 Å². The Hall–Kier alpha value is -0.590. The maximum atomic E-state index is 9.03. The zero-order valence-corrected chi connectivity index (χ0v) is 10.2. The summed E-state index contributed by atoms with van der Waals surface area (Å²) in [5.74, 6) is 0. The molecule has 2 N–H and O–H groups in total. The molecule has 0 saturated heterocycles. The van der Waals surface area contributed by atoms with Crippen LogP contribution in [-0.2, 0) is 0 Å². The number of nitrogens with one attached hydrogen (secondary N) is 1. The molecule has 0 aromatic rings. The maximum Gasteiger partial charge on any atom is 0.0683 e. The number of aliphatic hydroxyl groups excluding tert-OH is 1. The summed E-state index contributed by atoms with van der Waals surface area (Å²) in [6.45, 7) is 7.68. The van der Waals surface area contributed by atoms with Gasteiger partial charge >= 0.3 is 0 Å². The van der Waals surface area contributed by atoms with Gasteiger partial charge < -0.3 is 10.4 Å². The zero-order chi connectivity index (χ0) is 11.7. The van der Waals surface area contributed by atoms with Crippen LogP contribution in [0.25, 0.3) is 0 Å². The molecule has 3 nitrogen and oxygen atoms in total. The van der Waals surface area contributed by atoms with Gasteiger partial charge in [0.15, 0.2) is 0 Å². The minimum absolute atomic E-state index is 0.190. The van der Waals surface area contributed by atoms with Crippen LogP contribution in [0.1, 0.15) is 46.5 Å². The predicted octanol–water partition coefficient (Wildman–Crippen LogP) is 2.07. The maximum absolute atomic E-state index is 9.03. The molecule has 0 aliphatic heterocycles. The average Bonchev–Trinajstić information content (AvgIpc) is 2.16. The van der Waals surface area contributed by atoms with Crippen molar-refractivity contribution < 1.29 is 5.11 Å². The molecule has 3 heteroatoms. The Morgan fingerprint density at radius 1 is 1.33 bits per heavy atom.